The number of anilines is 1. The molecule has 1 aromatic rings. The molecule has 2 N–H and O–H groups in total. The van der Waals surface area contributed by atoms with Crippen LogP contribution < -0.4 is 15.4 Å². The smallest absolute Gasteiger partial charge is 0.225 e. The lowest BCUT2D eigenvalue weighted by Gasteiger charge is -2.22. The maximum atomic E-state index is 12.0. The van der Waals surface area contributed by atoms with Gasteiger partial charge in [-0.3, -0.25) is 4.79 Å². The number of thioether (sulfide) groups is 1. The maximum Gasteiger partial charge on any atom is 0.225 e. The third-order valence-electron chi connectivity index (χ3n) is 3.53. The molecule has 1 aliphatic heterocycles. The van der Waals surface area contributed by atoms with E-state index in [2.05, 4.69) is 24.5 Å². The van der Waals surface area contributed by atoms with E-state index in [4.69, 9.17) is 4.74 Å². The molecular weight excluding hydrogens is 332 g/mol. The third-order valence-corrected chi connectivity index (χ3v) is 4.66. The van der Waals surface area contributed by atoms with Crippen LogP contribution in [0, 0.1) is 5.92 Å². The summed E-state index contributed by atoms with van der Waals surface area (Å²) >= 11 is 1.90. The first-order chi connectivity index (χ1) is 10.6. The number of carbonyl (C=O) groups is 1. The second-order valence-electron chi connectivity index (χ2n) is 6.03. The molecule has 23 heavy (non-hydrogen) atoms. The number of benzene rings is 1. The summed E-state index contributed by atoms with van der Waals surface area (Å²) in [6.07, 6.45) is 1.57. The standard InChI is InChI=1S/C17H26N2O2S.ClH/c1-13(2)7-9-21-16-5-3-14(4-6-16)19-17(20)11-15-12-22-10-8-18-15;/h3-6,13,15,18H,7-12H2,1-2H3,(H,19,20);1H. The molecule has 1 unspecified atom stereocenters. The van der Waals surface area contributed by atoms with Crippen molar-refractivity contribution in [2.24, 2.45) is 5.92 Å². The Morgan fingerprint density at radius 2 is 2.13 bits per heavy atom. The third kappa shape index (κ3) is 7.95. The van der Waals surface area contributed by atoms with Crippen molar-refractivity contribution in [3.05, 3.63) is 24.3 Å². The van der Waals surface area contributed by atoms with E-state index < -0.39 is 0 Å². The Morgan fingerprint density at radius 1 is 1.39 bits per heavy atom. The molecule has 4 nitrogen and oxygen atoms in total. The second-order valence-corrected chi connectivity index (χ2v) is 7.18. The summed E-state index contributed by atoms with van der Waals surface area (Å²) in [4.78, 5) is 12.0. The quantitative estimate of drug-likeness (QED) is 0.782. The zero-order valence-corrected chi connectivity index (χ0v) is 15.5. The van der Waals surface area contributed by atoms with Gasteiger partial charge in [0.05, 0.1) is 6.61 Å². The van der Waals surface area contributed by atoms with Crippen LogP contribution in [0.4, 0.5) is 5.69 Å². The van der Waals surface area contributed by atoms with Crippen LogP contribution in [-0.2, 0) is 4.79 Å². The average Bonchev–Trinajstić information content (AvgIpc) is 2.49. The van der Waals surface area contributed by atoms with Crippen molar-refractivity contribution >= 4 is 35.8 Å². The van der Waals surface area contributed by atoms with Crippen molar-refractivity contribution in [3.8, 4) is 5.75 Å². The van der Waals surface area contributed by atoms with Gasteiger partial charge in [0.25, 0.3) is 0 Å². The molecule has 0 radical (unpaired) electrons. The number of nitrogens with one attached hydrogen (secondary N) is 2. The van der Waals surface area contributed by atoms with Gasteiger partial charge in [-0.1, -0.05) is 13.8 Å². The molecule has 1 atom stereocenters. The first-order valence-electron chi connectivity index (χ1n) is 7.97. The van der Waals surface area contributed by atoms with E-state index >= 15 is 0 Å². The number of hydrogen-bond donors (Lipinski definition) is 2. The van der Waals surface area contributed by atoms with Crippen LogP contribution in [0.15, 0.2) is 24.3 Å². The van der Waals surface area contributed by atoms with Crippen molar-refractivity contribution < 1.29 is 9.53 Å². The molecule has 1 fully saturated rings. The van der Waals surface area contributed by atoms with E-state index in [9.17, 15) is 4.79 Å². The lowest BCUT2D eigenvalue weighted by atomic mass is 10.1. The summed E-state index contributed by atoms with van der Waals surface area (Å²) in [6.45, 7) is 6.09. The van der Waals surface area contributed by atoms with Gasteiger partial charge in [0.1, 0.15) is 5.75 Å². The predicted molar refractivity (Wildman–Crippen MR) is 101 cm³/mol. The molecule has 6 heteroatoms. The highest BCUT2D eigenvalue weighted by Crippen LogP contribution is 2.17. The van der Waals surface area contributed by atoms with Crippen LogP contribution in [0.5, 0.6) is 5.75 Å². The molecule has 1 saturated heterocycles. The molecule has 0 bridgehead atoms. The Bertz CT molecular complexity index is 462. The minimum atomic E-state index is 0. The van der Waals surface area contributed by atoms with Gasteiger partial charge >= 0.3 is 0 Å². The van der Waals surface area contributed by atoms with Crippen LogP contribution in [0.25, 0.3) is 0 Å². The van der Waals surface area contributed by atoms with E-state index in [1.165, 1.54) is 0 Å². The largest absolute Gasteiger partial charge is 0.494 e. The lowest BCUT2D eigenvalue weighted by molar-refractivity contribution is -0.116. The summed E-state index contributed by atoms with van der Waals surface area (Å²) in [5.41, 5.74) is 0.824. The Labute approximate surface area is 149 Å². The van der Waals surface area contributed by atoms with Gasteiger partial charge in [0.15, 0.2) is 0 Å². The summed E-state index contributed by atoms with van der Waals surface area (Å²) in [5, 5.41) is 6.32. The highest BCUT2D eigenvalue weighted by molar-refractivity contribution is 7.99. The molecule has 0 aliphatic carbocycles. The molecule has 1 aliphatic rings. The second kappa shape index (κ2) is 10.8. The van der Waals surface area contributed by atoms with E-state index in [0.29, 0.717) is 12.3 Å². The first kappa shape index (κ1) is 20.1. The number of carbonyl (C=O) groups excluding carboxylic acids is 1. The van der Waals surface area contributed by atoms with Gasteiger partial charge in [0.2, 0.25) is 5.91 Å². The Balaban J connectivity index is 0.00000264. The van der Waals surface area contributed by atoms with Crippen LogP contribution in [0.1, 0.15) is 26.7 Å². The highest BCUT2D eigenvalue weighted by Gasteiger charge is 2.16. The molecule has 0 spiro atoms. The van der Waals surface area contributed by atoms with Crippen LogP contribution in [-0.4, -0.2) is 36.6 Å². The normalized spacial score (nSPS) is 17.4. The average molecular weight is 359 g/mol. The van der Waals surface area contributed by atoms with Crippen molar-refractivity contribution in [1.29, 1.82) is 0 Å². The van der Waals surface area contributed by atoms with Crippen molar-refractivity contribution in [2.75, 3.05) is 30.0 Å². The molecular formula is C17H27ClN2O2S. The summed E-state index contributed by atoms with van der Waals surface area (Å²) in [7, 11) is 0. The minimum absolute atomic E-state index is 0. The Morgan fingerprint density at radius 3 is 2.74 bits per heavy atom. The molecule has 1 heterocycles. The van der Waals surface area contributed by atoms with Gasteiger partial charge in [-0.25, -0.2) is 0 Å². The van der Waals surface area contributed by atoms with Crippen LogP contribution >= 0.6 is 24.2 Å². The molecule has 1 amide bonds. The number of ether oxygens (including phenoxy) is 1. The van der Waals surface area contributed by atoms with E-state index in [1.54, 1.807) is 0 Å². The number of hydrogen-bond acceptors (Lipinski definition) is 4. The fourth-order valence-corrected chi connectivity index (χ4v) is 3.18. The van der Waals surface area contributed by atoms with Crippen LogP contribution in [0.3, 0.4) is 0 Å². The molecule has 0 saturated carbocycles. The summed E-state index contributed by atoms with van der Waals surface area (Å²) in [5.74, 6) is 3.70. The van der Waals surface area contributed by atoms with Gasteiger partial charge in [-0.05, 0) is 36.6 Å². The SMILES string of the molecule is CC(C)CCOc1ccc(NC(=O)CC2CSCCN2)cc1.Cl. The zero-order valence-electron chi connectivity index (χ0n) is 13.8. The van der Waals surface area contributed by atoms with Gasteiger partial charge < -0.3 is 15.4 Å². The van der Waals surface area contributed by atoms with Crippen molar-refractivity contribution in [3.63, 3.8) is 0 Å². The highest BCUT2D eigenvalue weighted by atomic mass is 35.5. The Hall–Kier alpha value is -0.910. The van der Waals surface area contributed by atoms with Gasteiger partial charge in [0, 0.05) is 36.2 Å². The van der Waals surface area contributed by atoms with E-state index in [1.807, 2.05) is 36.0 Å². The van der Waals surface area contributed by atoms with E-state index in [-0.39, 0.29) is 24.4 Å². The predicted octanol–water partition coefficient (Wildman–Crippen LogP) is 3.57. The fraction of sp³-hybridized carbons (Fsp3) is 0.588. The zero-order chi connectivity index (χ0) is 15.8. The van der Waals surface area contributed by atoms with Gasteiger partial charge in [-0.15, -0.1) is 12.4 Å². The summed E-state index contributed by atoms with van der Waals surface area (Å²) in [6, 6.07) is 7.89. The number of amides is 1. The number of rotatable bonds is 7. The monoisotopic (exact) mass is 358 g/mol. The van der Waals surface area contributed by atoms with E-state index in [0.717, 1.165) is 42.5 Å². The summed E-state index contributed by atoms with van der Waals surface area (Å²) < 4.78 is 5.67. The topological polar surface area (TPSA) is 50.4 Å². The van der Waals surface area contributed by atoms with Gasteiger partial charge in [-0.2, -0.15) is 11.8 Å². The molecule has 0 aromatic heterocycles. The lowest BCUT2D eigenvalue weighted by Crippen LogP contribution is -2.39. The molecule has 1 aromatic carbocycles. The first-order valence-corrected chi connectivity index (χ1v) is 9.13. The molecule has 130 valence electrons. The maximum absolute atomic E-state index is 12.0. The fourth-order valence-electron chi connectivity index (χ4n) is 2.23. The number of halogens is 1. The van der Waals surface area contributed by atoms with Crippen molar-refractivity contribution in [1.82, 2.24) is 5.32 Å². The minimum Gasteiger partial charge on any atom is -0.494 e. The Kier molecular flexibility index (Phi) is 9.44. The molecule has 2 rings (SSSR count). The van der Waals surface area contributed by atoms with Crippen LogP contribution in [0.2, 0.25) is 0 Å². The van der Waals surface area contributed by atoms with Crippen molar-refractivity contribution in [2.45, 2.75) is 32.7 Å².